The van der Waals surface area contributed by atoms with Gasteiger partial charge >= 0.3 is 0 Å². The summed E-state index contributed by atoms with van der Waals surface area (Å²) in [6, 6.07) is 3.58. The molecule has 4 aliphatic carbocycles. The third-order valence-corrected chi connectivity index (χ3v) is 9.11. The van der Waals surface area contributed by atoms with Crippen molar-refractivity contribution in [1.29, 1.82) is 0 Å². The Morgan fingerprint density at radius 2 is 1.70 bits per heavy atom. The Morgan fingerprint density at radius 1 is 1.07 bits per heavy atom. The quantitative estimate of drug-likeness (QED) is 0.833. The summed E-state index contributed by atoms with van der Waals surface area (Å²) in [7, 11) is -3.44. The molecule has 7 heteroatoms. The standard InChI is InChI=1S/C20H29N3O3S/c24-27(25,23-3-5-26-6-4-23)18-1-2-19(21-13-18)22-14-20-10-15-7-16(11-20)9-17(8-15)12-20/h1-2,13,15-17H,3-12,14H2,(H,21,22)/p+1. The molecule has 1 aromatic rings. The summed E-state index contributed by atoms with van der Waals surface area (Å²) in [6.07, 6.45) is 10.1. The van der Waals surface area contributed by atoms with Crippen LogP contribution < -0.4 is 10.3 Å². The number of aromatic nitrogens is 1. The van der Waals surface area contributed by atoms with E-state index in [2.05, 4.69) is 10.3 Å². The van der Waals surface area contributed by atoms with Crippen LogP contribution in [0.4, 0.5) is 5.82 Å². The number of morpholine rings is 1. The zero-order valence-electron chi connectivity index (χ0n) is 15.8. The number of anilines is 1. The van der Waals surface area contributed by atoms with Gasteiger partial charge in [-0.3, -0.25) is 5.32 Å². The van der Waals surface area contributed by atoms with Crippen LogP contribution in [-0.2, 0) is 14.8 Å². The Morgan fingerprint density at radius 3 is 2.26 bits per heavy atom. The van der Waals surface area contributed by atoms with Gasteiger partial charge in [0.15, 0.2) is 0 Å². The van der Waals surface area contributed by atoms with Crippen LogP contribution in [0.5, 0.6) is 0 Å². The number of hydrogen-bond acceptors (Lipinski definition) is 4. The van der Waals surface area contributed by atoms with Crippen molar-refractivity contribution in [2.45, 2.75) is 43.4 Å². The van der Waals surface area contributed by atoms with Crippen molar-refractivity contribution in [3.8, 4) is 0 Å². The summed E-state index contributed by atoms with van der Waals surface area (Å²) >= 11 is 0. The normalized spacial score (nSPS) is 36.1. The third kappa shape index (κ3) is 3.38. The second-order valence-electron chi connectivity index (χ2n) is 9.23. The van der Waals surface area contributed by atoms with Crippen molar-refractivity contribution in [3.63, 3.8) is 0 Å². The molecule has 1 aromatic heterocycles. The van der Waals surface area contributed by atoms with E-state index in [4.69, 9.17) is 4.74 Å². The van der Waals surface area contributed by atoms with Crippen LogP contribution in [0.1, 0.15) is 38.5 Å². The van der Waals surface area contributed by atoms with Gasteiger partial charge in [-0.1, -0.05) is 0 Å². The molecule has 4 saturated carbocycles. The lowest BCUT2D eigenvalue weighted by molar-refractivity contribution is -0.364. The molecule has 4 bridgehead atoms. The first-order valence-electron chi connectivity index (χ1n) is 10.4. The zero-order chi connectivity index (χ0) is 18.5. The molecule has 0 radical (unpaired) electrons. The largest absolute Gasteiger partial charge is 0.379 e. The average Bonchev–Trinajstić information content (AvgIpc) is 2.66. The number of nitrogens with one attached hydrogen (secondary N) is 2. The Labute approximate surface area is 161 Å². The Hall–Kier alpha value is -1.18. The van der Waals surface area contributed by atoms with Crippen molar-refractivity contribution in [3.05, 3.63) is 18.3 Å². The lowest BCUT2D eigenvalue weighted by Crippen LogP contribution is -2.49. The Balaban J connectivity index is 1.25. The van der Waals surface area contributed by atoms with Gasteiger partial charge in [0.1, 0.15) is 11.1 Å². The number of H-pyrrole nitrogens is 1. The van der Waals surface area contributed by atoms with Gasteiger partial charge in [-0.2, -0.15) is 4.31 Å². The second kappa shape index (κ2) is 6.71. The van der Waals surface area contributed by atoms with Crippen LogP contribution in [0, 0.1) is 23.2 Å². The van der Waals surface area contributed by atoms with Gasteiger partial charge in [-0.05, 0) is 62.3 Å². The van der Waals surface area contributed by atoms with Gasteiger partial charge in [0.25, 0.3) is 5.82 Å². The predicted octanol–water partition coefficient (Wildman–Crippen LogP) is 2.15. The molecule has 0 spiro atoms. The molecule has 148 valence electrons. The smallest absolute Gasteiger partial charge is 0.272 e. The van der Waals surface area contributed by atoms with Gasteiger partial charge in [-0.25, -0.2) is 13.4 Å². The van der Waals surface area contributed by atoms with E-state index < -0.39 is 10.0 Å². The molecule has 27 heavy (non-hydrogen) atoms. The summed E-state index contributed by atoms with van der Waals surface area (Å²) < 4.78 is 32.2. The monoisotopic (exact) mass is 392 g/mol. The van der Waals surface area contributed by atoms with E-state index in [1.165, 1.54) is 42.8 Å². The summed E-state index contributed by atoms with van der Waals surface area (Å²) in [5.41, 5.74) is 0.459. The maximum atomic E-state index is 12.7. The molecular weight excluding hydrogens is 362 g/mol. The lowest BCUT2D eigenvalue weighted by Gasteiger charge is -2.56. The fourth-order valence-electron chi connectivity index (χ4n) is 6.41. The SMILES string of the molecule is O=S(=O)(c1ccc(NCC23CC4CC(CC(C4)C2)C3)[nH+]c1)N1CCOCC1. The number of pyridine rings is 1. The molecule has 0 atom stereocenters. The van der Waals surface area contributed by atoms with Gasteiger partial charge < -0.3 is 4.74 Å². The average molecular weight is 393 g/mol. The van der Waals surface area contributed by atoms with Crippen LogP contribution >= 0.6 is 0 Å². The molecule has 1 saturated heterocycles. The van der Waals surface area contributed by atoms with Crippen LogP contribution in [0.3, 0.4) is 0 Å². The first kappa shape index (κ1) is 17.9. The molecule has 0 unspecified atom stereocenters. The third-order valence-electron chi connectivity index (χ3n) is 7.21. The molecule has 6 nitrogen and oxygen atoms in total. The summed E-state index contributed by atoms with van der Waals surface area (Å²) in [5, 5.41) is 3.58. The highest BCUT2D eigenvalue weighted by Gasteiger charge is 2.51. The van der Waals surface area contributed by atoms with E-state index >= 15 is 0 Å². The van der Waals surface area contributed by atoms with Crippen molar-refractivity contribution < 1.29 is 18.1 Å². The molecular formula is C20H30N3O3S+. The van der Waals surface area contributed by atoms with Gasteiger partial charge in [0, 0.05) is 24.6 Å². The van der Waals surface area contributed by atoms with Crippen molar-refractivity contribution in [2.75, 3.05) is 38.2 Å². The van der Waals surface area contributed by atoms with Crippen LogP contribution in [-0.4, -0.2) is 45.6 Å². The minimum Gasteiger partial charge on any atom is -0.379 e. The van der Waals surface area contributed by atoms with E-state index in [0.29, 0.717) is 36.6 Å². The minimum atomic E-state index is -3.44. The maximum absolute atomic E-state index is 12.7. The molecule has 1 aliphatic heterocycles. The van der Waals surface area contributed by atoms with E-state index in [0.717, 1.165) is 30.1 Å². The molecule has 2 N–H and O–H groups in total. The predicted molar refractivity (Wildman–Crippen MR) is 102 cm³/mol. The van der Waals surface area contributed by atoms with Gasteiger partial charge in [-0.15, -0.1) is 0 Å². The maximum Gasteiger partial charge on any atom is 0.272 e. The molecule has 5 fully saturated rings. The second-order valence-corrected chi connectivity index (χ2v) is 11.2. The molecule has 5 aliphatic rings. The minimum absolute atomic E-state index is 0.324. The Kier molecular flexibility index (Phi) is 4.44. The Bertz CT molecular complexity index is 752. The van der Waals surface area contributed by atoms with Crippen molar-refractivity contribution >= 4 is 15.8 Å². The highest BCUT2D eigenvalue weighted by molar-refractivity contribution is 7.89. The van der Waals surface area contributed by atoms with Gasteiger partial charge in [0.2, 0.25) is 10.0 Å². The highest BCUT2D eigenvalue weighted by atomic mass is 32.2. The number of hydrogen-bond donors (Lipinski definition) is 1. The number of nitrogens with zero attached hydrogens (tertiary/aromatic N) is 1. The molecule has 6 rings (SSSR count). The molecule has 0 amide bonds. The van der Waals surface area contributed by atoms with E-state index in [1.807, 2.05) is 6.07 Å². The number of aromatic amines is 1. The van der Waals surface area contributed by atoms with E-state index in [-0.39, 0.29) is 0 Å². The molecule has 0 aromatic carbocycles. The number of rotatable bonds is 5. The van der Waals surface area contributed by atoms with Crippen molar-refractivity contribution in [1.82, 2.24) is 4.31 Å². The molecule has 2 heterocycles. The number of sulfonamides is 1. The lowest BCUT2D eigenvalue weighted by atomic mass is 9.49. The first-order chi connectivity index (χ1) is 13.0. The van der Waals surface area contributed by atoms with Gasteiger partial charge in [0.05, 0.1) is 19.8 Å². The van der Waals surface area contributed by atoms with Crippen molar-refractivity contribution in [2.24, 2.45) is 23.2 Å². The fraction of sp³-hybridized carbons (Fsp3) is 0.750. The van der Waals surface area contributed by atoms with E-state index in [9.17, 15) is 8.42 Å². The highest BCUT2D eigenvalue weighted by Crippen LogP contribution is 2.59. The first-order valence-corrected chi connectivity index (χ1v) is 11.8. The zero-order valence-corrected chi connectivity index (χ0v) is 16.6. The summed E-state index contributed by atoms with van der Waals surface area (Å²) in [4.78, 5) is 3.49. The van der Waals surface area contributed by atoms with Crippen LogP contribution in [0.2, 0.25) is 0 Å². The van der Waals surface area contributed by atoms with E-state index in [1.54, 1.807) is 12.3 Å². The topological polar surface area (TPSA) is 72.8 Å². The number of ether oxygens (including phenoxy) is 1. The summed E-state index contributed by atoms with van der Waals surface area (Å²) in [5.74, 6) is 3.75. The van der Waals surface area contributed by atoms with Crippen LogP contribution in [0.15, 0.2) is 23.2 Å². The fourth-order valence-corrected chi connectivity index (χ4v) is 7.78. The summed E-state index contributed by atoms with van der Waals surface area (Å²) in [6.45, 7) is 2.78. The van der Waals surface area contributed by atoms with Crippen LogP contribution in [0.25, 0.3) is 0 Å².